The molecule has 0 bridgehead atoms. The summed E-state index contributed by atoms with van der Waals surface area (Å²) in [5.74, 6) is 0.719. The lowest BCUT2D eigenvalue weighted by atomic mass is 9.95. The van der Waals surface area contributed by atoms with E-state index in [1.165, 1.54) is 6.08 Å². The SMILES string of the molecule is C=CC(=O)N1CCCC(C(=O)N2CCn3cnnc3C2C)C1. The molecule has 0 aromatic carbocycles. The van der Waals surface area contributed by atoms with E-state index in [1.54, 1.807) is 11.2 Å². The number of carbonyl (C=O) groups excluding carboxylic acids is 2. The van der Waals surface area contributed by atoms with Crippen molar-refractivity contribution in [2.45, 2.75) is 32.4 Å². The number of fused-ring (bicyclic) bond motifs is 1. The van der Waals surface area contributed by atoms with Gasteiger partial charge in [-0.2, -0.15) is 0 Å². The van der Waals surface area contributed by atoms with Gasteiger partial charge in [0.1, 0.15) is 6.33 Å². The third kappa shape index (κ3) is 2.51. The van der Waals surface area contributed by atoms with Gasteiger partial charge < -0.3 is 14.4 Å². The first kappa shape index (κ1) is 14.7. The van der Waals surface area contributed by atoms with Crippen molar-refractivity contribution < 1.29 is 9.59 Å². The first-order valence-electron chi connectivity index (χ1n) is 7.71. The molecule has 7 heteroatoms. The number of nitrogens with zero attached hydrogens (tertiary/aromatic N) is 5. The molecular formula is C15H21N5O2. The van der Waals surface area contributed by atoms with E-state index in [0.29, 0.717) is 19.6 Å². The highest BCUT2D eigenvalue weighted by Crippen LogP contribution is 2.27. The largest absolute Gasteiger partial charge is 0.338 e. The molecule has 3 heterocycles. The van der Waals surface area contributed by atoms with Crippen LogP contribution in [0, 0.1) is 5.92 Å². The van der Waals surface area contributed by atoms with Gasteiger partial charge in [0.25, 0.3) is 0 Å². The van der Waals surface area contributed by atoms with Gasteiger partial charge in [0.15, 0.2) is 5.82 Å². The summed E-state index contributed by atoms with van der Waals surface area (Å²) < 4.78 is 1.99. The van der Waals surface area contributed by atoms with Crippen molar-refractivity contribution >= 4 is 11.8 Å². The van der Waals surface area contributed by atoms with Crippen LogP contribution in [0.4, 0.5) is 0 Å². The number of hydrogen-bond donors (Lipinski definition) is 0. The molecule has 0 radical (unpaired) electrons. The maximum atomic E-state index is 12.9. The first-order valence-corrected chi connectivity index (χ1v) is 7.71. The highest BCUT2D eigenvalue weighted by Gasteiger charge is 2.35. The summed E-state index contributed by atoms with van der Waals surface area (Å²) in [5.41, 5.74) is 0. The van der Waals surface area contributed by atoms with Crippen molar-refractivity contribution in [3.05, 3.63) is 24.8 Å². The summed E-state index contributed by atoms with van der Waals surface area (Å²) in [7, 11) is 0. The van der Waals surface area contributed by atoms with Crippen LogP contribution in [0.15, 0.2) is 19.0 Å². The highest BCUT2D eigenvalue weighted by molar-refractivity contribution is 5.88. The molecular weight excluding hydrogens is 282 g/mol. The molecule has 0 saturated carbocycles. The molecule has 2 aliphatic heterocycles. The van der Waals surface area contributed by atoms with Crippen molar-refractivity contribution in [1.82, 2.24) is 24.6 Å². The Kier molecular flexibility index (Phi) is 3.96. The van der Waals surface area contributed by atoms with Gasteiger partial charge in [-0.25, -0.2) is 0 Å². The lowest BCUT2D eigenvalue weighted by molar-refractivity contribution is -0.142. The Labute approximate surface area is 129 Å². The number of rotatable bonds is 2. The van der Waals surface area contributed by atoms with Gasteiger partial charge >= 0.3 is 0 Å². The van der Waals surface area contributed by atoms with Gasteiger partial charge in [0.2, 0.25) is 11.8 Å². The average molecular weight is 303 g/mol. The monoisotopic (exact) mass is 303 g/mol. The van der Waals surface area contributed by atoms with Crippen LogP contribution < -0.4 is 0 Å². The van der Waals surface area contributed by atoms with Gasteiger partial charge in [-0.05, 0) is 25.8 Å². The minimum Gasteiger partial charge on any atom is -0.338 e. The zero-order chi connectivity index (χ0) is 15.7. The maximum absolute atomic E-state index is 12.9. The predicted molar refractivity (Wildman–Crippen MR) is 79.7 cm³/mol. The molecule has 22 heavy (non-hydrogen) atoms. The third-order valence-corrected chi connectivity index (χ3v) is 4.61. The van der Waals surface area contributed by atoms with E-state index in [9.17, 15) is 9.59 Å². The highest BCUT2D eigenvalue weighted by atomic mass is 16.2. The number of piperidine rings is 1. The molecule has 2 amide bonds. The number of hydrogen-bond acceptors (Lipinski definition) is 4. The Balaban J connectivity index is 1.71. The smallest absolute Gasteiger partial charge is 0.245 e. The standard InChI is InChI=1S/C15H21N5O2/c1-3-13(21)18-6-4-5-12(9-18)15(22)20-8-7-19-10-16-17-14(19)11(20)2/h3,10-12H,1,4-9H2,2H3. The quantitative estimate of drug-likeness (QED) is 0.750. The Bertz CT molecular complexity index is 597. The van der Waals surface area contributed by atoms with Gasteiger partial charge in [-0.3, -0.25) is 9.59 Å². The summed E-state index contributed by atoms with van der Waals surface area (Å²) in [6.45, 7) is 8.08. The summed E-state index contributed by atoms with van der Waals surface area (Å²) in [6.07, 6.45) is 4.71. The van der Waals surface area contributed by atoms with E-state index in [2.05, 4.69) is 16.8 Å². The van der Waals surface area contributed by atoms with Crippen molar-refractivity contribution in [2.24, 2.45) is 5.92 Å². The summed E-state index contributed by atoms with van der Waals surface area (Å²) in [4.78, 5) is 28.2. The molecule has 118 valence electrons. The molecule has 2 unspecified atom stereocenters. The number of amides is 2. The molecule has 3 rings (SSSR count). The second-order valence-electron chi connectivity index (χ2n) is 5.92. The molecule has 1 fully saturated rings. The van der Waals surface area contributed by atoms with E-state index in [4.69, 9.17) is 0 Å². The van der Waals surface area contributed by atoms with Crippen molar-refractivity contribution in [2.75, 3.05) is 19.6 Å². The Morgan fingerprint density at radius 1 is 1.36 bits per heavy atom. The summed E-state index contributed by atoms with van der Waals surface area (Å²) in [5, 5.41) is 8.03. The van der Waals surface area contributed by atoms with Crippen LogP contribution in [-0.4, -0.2) is 56.0 Å². The molecule has 1 aromatic rings. The van der Waals surface area contributed by atoms with E-state index in [1.807, 2.05) is 16.4 Å². The second-order valence-corrected chi connectivity index (χ2v) is 5.92. The van der Waals surface area contributed by atoms with E-state index in [0.717, 1.165) is 25.2 Å². The van der Waals surface area contributed by atoms with Crippen LogP contribution in [0.25, 0.3) is 0 Å². The number of aromatic nitrogens is 3. The van der Waals surface area contributed by atoms with Gasteiger partial charge in [-0.15, -0.1) is 10.2 Å². The van der Waals surface area contributed by atoms with Gasteiger partial charge in [0.05, 0.1) is 12.0 Å². The minimum atomic E-state index is -0.130. The molecule has 1 saturated heterocycles. The minimum absolute atomic E-state index is 0.0748. The lowest BCUT2D eigenvalue weighted by Crippen LogP contribution is -2.49. The zero-order valence-corrected chi connectivity index (χ0v) is 12.8. The fourth-order valence-electron chi connectivity index (χ4n) is 3.35. The van der Waals surface area contributed by atoms with Crippen LogP contribution in [-0.2, 0) is 16.1 Å². The molecule has 0 N–H and O–H groups in total. The molecule has 1 aromatic heterocycles. The fourth-order valence-corrected chi connectivity index (χ4v) is 3.35. The molecule has 2 atom stereocenters. The number of carbonyl (C=O) groups is 2. The van der Waals surface area contributed by atoms with Gasteiger partial charge in [-0.1, -0.05) is 6.58 Å². The Morgan fingerprint density at radius 2 is 2.18 bits per heavy atom. The predicted octanol–water partition coefficient (Wildman–Crippen LogP) is 0.606. The van der Waals surface area contributed by atoms with Crippen LogP contribution >= 0.6 is 0 Å². The van der Waals surface area contributed by atoms with E-state index < -0.39 is 0 Å². The van der Waals surface area contributed by atoms with E-state index in [-0.39, 0.29) is 23.8 Å². The topological polar surface area (TPSA) is 71.3 Å². The van der Waals surface area contributed by atoms with Crippen molar-refractivity contribution in [1.29, 1.82) is 0 Å². The molecule has 0 spiro atoms. The normalized spacial score (nSPS) is 24.8. The number of likely N-dealkylation sites (tertiary alicyclic amines) is 1. The maximum Gasteiger partial charge on any atom is 0.245 e. The van der Waals surface area contributed by atoms with Crippen LogP contribution in [0.2, 0.25) is 0 Å². The second kappa shape index (κ2) is 5.90. The zero-order valence-electron chi connectivity index (χ0n) is 12.8. The van der Waals surface area contributed by atoms with Crippen LogP contribution in [0.1, 0.15) is 31.6 Å². The first-order chi connectivity index (χ1) is 10.6. The Morgan fingerprint density at radius 3 is 2.95 bits per heavy atom. The van der Waals surface area contributed by atoms with Crippen molar-refractivity contribution in [3.8, 4) is 0 Å². The third-order valence-electron chi connectivity index (χ3n) is 4.61. The fraction of sp³-hybridized carbons (Fsp3) is 0.600. The average Bonchev–Trinajstić information content (AvgIpc) is 3.03. The molecule has 0 aliphatic carbocycles. The summed E-state index contributed by atoms with van der Waals surface area (Å²) in [6, 6.07) is -0.0748. The van der Waals surface area contributed by atoms with Gasteiger partial charge in [0, 0.05) is 26.2 Å². The molecule has 2 aliphatic rings. The molecule has 7 nitrogen and oxygen atoms in total. The van der Waals surface area contributed by atoms with Crippen LogP contribution in [0.5, 0.6) is 0 Å². The summed E-state index contributed by atoms with van der Waals surface area (Å²) >= 11 is 0. The lowest BCUT2D eigenvalue weighted by Gasteiger charge is -2.38. The Hall–Kier alpha value is -2.18. The van der Waals surface area contributed by atoms with Crippen molar-refractivity contribution in [3.63, 3.8) is 0 Å². The van der Waals surface area contributed by atoms with E-state index >= 15 is 0 Å². The van der Waals surface area contributed by atoms with Crippen LogP contribution in [0.3, 0.4) is 0 Å².